The van der Waals surface area contributed by atoms with Crippen LogP contribution in [0.2, 0.25) is 10.0 Å². The second-order valence-corrected chi connectivity index (χ2v) is 12.8. The first-order chi connectivity index (χ1) is 19.6. The van der Waals surface area contributed by atoms with Gasteiger partial charge in [-0.25, -0.2) is 9.59 Å². The molecule has 10 heteroatoms. The minimum Gasteiger partial charge on any atom is -0.428 e. The molecular formula is C32H49Cl2N3O5. The first-order valence-electron chi connectivity index (χ1n) is 14.3. The van der Waals surface area contributed by atoms with Gasteiger partial charge in [0.2, 0.25) is 0 Å². The van der Waals surface area contributed by atoms with Crippen molar-refractivity contribution in [2.75, 3.05) is 20.1 Å². The van der Waals surface area contributed by atoms with E-state index in [4.69, 9.17) is 38.4 Å². The third-order valence-electron chi connectivity index (χ3n) is 5.91. The Labute approximate surface area is 262 Å². The van der Waals surface area contributed by atoms with E-state index in [2.05, 4.69) is 34.6 Å². The van der Waals surface area contributed by atoms with Crippen molar-refractivity contribution >= 4 is 35.5 Å². The molecule has 236 valence electrons. The molecular weight excluding hydrogens is 577 g/mol. The van der Waals surface area contributed by atoms with Crippen LogP contribution in [0.15, 0.2) is 48.5 Å². The van der Waals surface area contributed by atoms with Crippen LogP contribution in [-0.4, -0.2) is 55.7 Å². The lowest BCUT2D eigenvalue weighted by atomic mass is 10.1. The summed E-state index contributed by atoms with van der Waals surface area (Å²) in [6.07, 6.45) is 3.82. The third-order valence-corrected chi connectivity index (χ3v) is 6.42. The molecule has 1 aliphatic rings. The van der Waals surface area contributed by atoms with Gasteiger partial charge in [0.1, 0.15) is 11.2 Å². The summed E-state index contributed by atoms with van der Waals surface area (Å²) in [4.78, 5) is 22.0. The van der Waals surface area contributed by atoms with Crippen LogP contribution in [0.25, 0.3) is 0 Å². The molecule has 0 spiro atoms. The normalized spacial score (nSPS) is 16.3. The fourth-order valence-electron chi connectivity index (χ4n) is 4.03. The molecule has 3 rings (SSSR count). The molecule has 0 heterocycles. The van der Waals surface area contributed by atoms with Crippen molar-refractivity contribution in [3.63, 3.8) is 0 Å². The SMILES string of the molecule is CC(C)(C)OC(=O)OC(=O)OC(C)(C)C.CN[C@@H]1CCC[C@H]1NCCc1ccc(Cl)cc1.NCCc1ccc(Cl)cc1. The number of rotatable bonds is 7. The van der Waals surface area contributed by atoms with E-state index in [0.717, 1.165) is 29.4 Å². The van der Waals surface area contributed by atoms with Crippen LogP contribution in [-0.2, 0) is 27.1 Å². The smallest absolute Gasteiger partial charge is 0.428 e. The molecule has 0 saturated heterocycles. The molecule has 1 aliphatic carbocycles. The Morgan fingerprint density at radius 1 is 0.786 bits per heavy atom. The van der Waals surface area contributed by atoms with E-state index in [1.165, 1.54) is 30.4 Å². The van der Waals surface area contributed by atoms with E-state index >= 15 is 0 Å². The van der Waals surface area contributed by atoms with Crippen LogP contribution >= 0.6 is 23.2 Å². The van der Waals surface area contributed by atoms with Crippen molar-refractivity contribution in [2.24, 2.45) is 5.73 Å². The maximum absolute atomic E-state index is 11.0. The maximum Gasteiger partial charge on any atom is 0.519 e. The summed E-state index contributed by atoms with van der Waals surface area (Å²) >= 11 is 11.5. The average molecular weight is 627 g/mol. The molecule has 42 heavy (non-hydrogen) atoms. The van der Waals surface area contributed by atoms with Crippen LogP contribution < -0.4 is 16.4 Å². The van der Waals surface area contributed by atoms with Gasteiger partial charge in [-0.1, -0.05) is 53.9 Å². The molecule has 1 fully saturated rings. The van der Waals surface area contributed by atoms with Crippen molar-refractivity contribution in [3.8, 4) is 0 Å². The van der Waals surface area contributed by atoms with Crippen molar-refractivity contribution in [2.45, 2.75) is 96.9 Å². The third kappa shape index (κ3) is 18.2. The lowest BCUT2D eigenvalue weighted by Gasteiger charge is -2.20. The van der Waals surface area contributed by atoms with E-state index in [-0.39, 0.29) is 0 Å². The lowest BCUT2D eigenvalue weighted by Crippen LogP contribution is -2.43. The zero-order valence-electron chi connectivity index (χ0n) is 26.1. The quantitative estimate of drug-likeness (QED) is 0.217. The van der Waals surface area contributed by atoms with E-state index in [1.54, 1.807) is 41.5 Å². The fraction of sp³-hybridized carbons (Fsp3) is 0.562. The van der Waals surface area contributed by atoms with Crippen LogP contribution in [0.1, 0.15) is 71.9 Å². The number of carbonyl (C=O) groups is 2. The molecule has 2 aromatic rings. The molecule has 0 unspecified atom stereocenters. The number of ether oxygens (including phenoxy) is 3. The molecule has 2 atom stereocenters. The molecule has 0 aliphatic heterocycles. The summed E-state index contributed by atoms with van der Waals surface area (Å²) in [7, 11) is 2.06. The highest BCUT2D eigenvalue weighted by Gasteiger charge is 2.25. The van der Waals surface area contributed by atoms with Gasteiger partial charge in [-0.15, -0.1) is 0 Å². The molecule has 0 radical (unpaired) electrons. The minimum absolute atomic E-state index is 0.646. The number of likely N-dealkylation sites (N-methyl/N-ethyl adjacent to an activating group) is 1. The number of benzene rings is 2. The van der Waals surface area contributed by atoms with Crippen molar-refractivity contribution in [1.82, 2.24) is 10.6 Å². The number of nitrogens with one attached hydrogen (secondary N) is 2. The summed E-state index contributed by atoms with van der Waals surface area (Å²) in [5.74, 6) is 0. The molecule has 0 aromatic heterocycles. The predicted molar refractivity (Wildman–Crippen MR) is 171 cm³/mol. The summed E-state index contributed by atoms with van der Waals surface area (Å²) in [5.41, 5.74) is 6.57. The Hall–Kier alpha value is -2.36. The van der Waals surface area contributed by atoms with Gasteiger partial charge in [0.15, 0.2) is 0 Å². The Kier molecular flexibility index (Phi) is 17.1. The van der Waals surface area contributed by atoms with Gasteiger partial charge in [0.05, 0.1) is 0 Å². The molecule has 8 nitrogen and oxygen atoms in total. The minimum atomic E-state index is -1.06. The van der Waals surface area contributed by atoms with Crippen molar-refractivity contribution in [3.05, 3.63) is 69.7 Å². The van der Waals surface area contributed by atoms with E-state index in [9.17, 15) is 9.59 Å². The van der Waals surface area contributed by atoms with Crippen molar-refractivity contribution < 1.29 is 23.8 Å². The molecule has 1 saturated carbocycles. The largest absolute Gasteiger partial charge is 0.519 e. The van der Waals surface area contributed by atoms with Gasteiger partial charge in [-0.05, 0) is 123 Å². The molecule has 2 aromatic carbocycles. The molecule has 0 amide bonds. The zero-order chi connectivity index (χ0) is 31.8. The predicted octanol–water partition coefficient (Wildman–Crippen LogP) is 7.33. The topological polar surface area (TPSA) is 112 Å². The summed E-state index contributed by atoms with van der Waals surface area (Å²) in [6, 6.07) is 17.2. The van der Waals surface area contributed by atoms with Crippen LogP contribution in [0.5, 0.6) is 0 Å². The number of nitrogens with two attached hydrogens (primary N) is 1. The first kappa shape index (κ1) is 37.7. The highest BCUT2D eigenvalue weighted by molar-refractivity contribution is 6.30. The van der Waals surface area contributed by atoms with Crippen LogP contribution in [0.4, 0.5) is 9.59 Å². The van der Waals surface area contributed by atoms with Crippen molar-refractivity contribution in [1.29, 1.82) is 0 Å². The van der Waals surface area contributed by atoms with Gasteiger partial charge in [0.25, 0.3) is 0 Å². The van der Waals surface area contributed by atoms with Crippen LogP contribution in [0.3, 0.4) is 0 Å². The Balaban J connectivity index is 0.000000326. The molecule has 0 bridgehead atoms. The summed E-state index contributed by atoms with van der Waals surface area (Å²) < 4.78 is 13.8. The van der Waals surface area contributed by atoms with Gasteiger partial charge in [-0.3, -0.25) is 0 Å². The van der Waals surface area contributed by atoms with Gasteiger partial charge in [-0.2, -0.15) is 0 Å². The number of carbonyl (C=O) groups excluding carboxylic acids is 2. The average Bonchev–Trinajstić information content (AvgIpc) is 3.33. The summed E-state index contributed by atoms with van der Waals surface area (Å²) in [5, 5.41) is 8.63. The summed E-state index contributed by atoms with van der Waals surface area (Å²) in [6.45, 7) is 11.8. The zero-order valence-corrected chi connectivity index (χ0v) is 27.6. The molecule has 4 N–H and O–H groups in total. The highest BCUT2D eigenvalue weighted by atomic mass is 35.5. The van der Waals surface area contributed by atoms with E-state index in [1.807, 2.05) is 36.4 Å². The lowest BCUT2D eigenvalue weighted by molar-refractivity contribution is -0.0293. The number of hydrogen-bond donors (Lipinski definition) is 3. The number of hydrogen-bond acceptors (Lipinski definition) is 8. The second kappa shape index (κ2) is 19.0. The second-order valence-electron chi connectivity index (χ2n) is 12.0. The van der Waals surface area contributed by atoms with E-state index < -0.39 is 23.5 Å². The van der Waals surface area contributed by atoms with Gasteiger partial charge < -0.3 is 30.6 Å². The standard InChI is InChI=1S/C14H21ClN2.C10H18O5.C8H10ClN/c1-16-13-3-2-4-14(13)17-10-9-11-5-7-12(15)8-6-11;1-9(2,3)14-7(11)13-8(12)15-10(4,5)6;9-8-3-1-7(2-4-8)5-6-10/h5-8,13-14,16-17H,2-4,9-10H2,1H3;1-6H3;1-4H,5-6,10H2/t13-,14-;;/m1../s1. The fourth-order valence-corrected chi connectivity index (χ4v) is 4.28. The van der Waals surface area contributed by atoms with Gasteiger partial charge in [0, 0.05) is 22.1 Å². The first-order valence-corrected chi connectivity index (χ1v) is 15.1. The number of halogens is 2. The van der Waals surface area contributed by atoms with E-state index in [0.29, 0.717) is 18.6 Å². The Morgan fingerprint density at radius 2 is 1.21 bits per heavy atom. The Bertz CT molecular complexity index is 1030. The highest BCUT2D eigenvalue weighted by Crippen LogP contribution is 2.19. The maximum atomic E-state index is 11.0. The van der Waals surface area contributed by atoms with Gasteiger partial charge >= 0.3 is 12.3 Å². The Morgan fingerprint density at radius 3 is 1.62 bits per heavy atom. The monoisotopic (exact) mass is 625 g/mol. The van der Waals surface area contributed by atoms with Crippen LogP contribution in [0, 0.1) is 0 Å².